The Morgan fingerprint density at radius 2 is 1.40 bits per heavy atom. The summed E-state index contributed by atoms with van der Waals surface area (Å²) in [5.41, 5.74) is 1.80. The molecule has 6 rings (SSSR count). The Labute approximate surface area is 346 Å². The van der Waals surface area contributed by atoms with Crippen molar-refractivity contribution in [2.24, 2.45) is 0 Å². The van der Waals surface area contributed by atoms with Gasteiger partial charge in [0.2, 0.25) is 5.91 Å². The molecule has 0 saturated heterocycles. The van der Waals surface area contributed by atoms with Crippen LogP contribution in [-0.4, -0.2) is 36.7 Å². The molecule has 1 heterocycles. The molecule has 0 bridgehead atoms. The maximum Gasteiger partial charge on any atom is 0.341 e. The molecule has 1 atom stereocenters. The van der Waals surface area contributed by atoms with Gasteiger partial charge in [0.05, 0.1) is 22.6 Å². The van der Waals surface area contributed by atoms with Gasteiger partial charge < -0.3 is 26.0 Å². The first-order valence-corrected chi connectivity index (χ1v) is 19.6. The van der Waals surface area contributed by atoms with Crippen molar-refractivity contribution in [3.05, 3.63) is 183 Å². The fraction of sp³-hybridized carbons (Fsp3) is 0.0682. The summed E-state index contributed by atoms with van der Waals surface area (Å²) in [5, 5.41) is 10.3. The van der Waals surface area contributed by atoms with Gasteiger partial charge in [0.1, 0.15) is 21.8 Å². The van der Waals surface area contributed by atoms with Gasteiger partial charge in [-0.25, -0.2) is 9.18 Å². The zero-order valence-electron chi connectivity index (χ0n) is 30.9. The zero-order valence-corrected chi connectivity index (χ0v) is 33.3. The zero-order chi connectivity index (χ0) is 41.2. The Balaban J connectivity index is 1.27. The van der Waals surface area contributed by atoms with E-state index >= 15 is 0 Å². The minimum absolute atomic E-state index is 0.0333. The summed E-state index contributed by atoms with van der Waals surface area (Å²) in [6.45, 7) is 1.61. The number of nitrogens with one attached hydrogen (secondary N) is 4. The van der Waals surface area contributed by atoms with E-state index in [0.29, 0.717) is 27.4 Å². The van der Waals surface area contributed by atoms with Crippen LogP contribution in [0, 0.1) is 12.7 Å². The predicted molar refractivity (Wildman–Crippen MR) is 227 cm³/mol. The van der Waals surface area contributed by atoms with E-state index in [1.165, 1.54) is 37.1 Å². The molecule has 0 aliphatic rings. The topological polar surface area (TPSA) is 143 Å². The van der Waals surface area contributed by atoms with Gasteiger partial charge in [0.15, 0.2) is 0 Å². The fourth-order valence-electron chi connectivity index (χ4n) is 5.67. The van der Waals surface area contributed by atoms with E-state index in [2.05, 4.69) is 21.3 Å². The number of rotatable bonds is 13. The van der Waals surface area contributed by atoms with Gasteiger partial charge in [-0.05, 0) is 78.7 Å². The molecule has 1 aromatic heterocycles. The molecule has 6 aromatic rings. The molecule has 0 aliphatic carbocycles. The number of thiophene rings is 1. The van der Waals surface area contributed by atoms with Crippen LogP contribution in [0.4, 0.5) is 20.8 Å². The number of benzene rings is 5. The summed E-state index contributed by atoms with van der Waals surface area (Å²) in [5.74, 6) is -3.74. The highest BCUT2D eigenvalue weighted by molar-refractivity contribution is 8.00. The van der Waals surface area contributed by atoms with Gasteiger partial charge in [-0.2, -0.15) is 0 Å². The first-order chi connectivity index (χ1) is 28.0. The summed E-state index contributed by atoms with van der Waals surface area (Å²) in [4.78, 5) is 68.3. The van der Waals surface area contributed by atoms with Crippen LogP contribution in [0.3, 0.4) is 0 Å². The molecular weight excluding hydrogens is 799 g/mol. The molecule has 0 aliphatic heterocycles. The smallest absolute Gasteiger partial charge is 0.341 e. The highest BCUT2D eigenvalue weighted by Gasteiger charge is 2.30. The molecule has 4 N–H and O–H groups in total. The second kappa shape index (κ2) is 19.1. The SMILES string of the molecule is COC(=O)c1c(NC(=O)C(Sc2cccc(NC(=O)/C(=C\c3c(F)cccc3Cl)NC(=O)c3ccccc3)c2)c2ccccc2)sc(C(=O)Nc2ccccc2)c1C. The number of hydrogen-bond acceptors (Lipinski definition) is 8. The molecule has 4 amide bonds. The van der Waals surface area contributed by atoms with Crippen LogP contribution >= 0.6 is 34.7 Å². The number of ether oxygens (including phenoxy) is 1. The Kier molecular flexibility index (Phi) is 13.5. The van der Waals surface area contributed by atoms with Crippen LogP contribution in [-0.2, 0) is 14.3 Å². The normalized spacial score (nSPS) is 11.6. The molecule has 0 spiro atoms. The number of methoxy groups -OCH3 is 1. The lowest BCUT2D eigenvalue weighted by Crippen LogP contribution is -2.30. The van der Waals surface area contributed by atoms with E-state index in [9.17, 15) is 28.4 Å². The maximum absolute atomic E-state index is 14.8. The van der Waals surface area contributed by atoms with Crippen LogP contribution in [0.5, 0.6) is 0 Å². The van der Waals surface area contributed by atoms with Crippen LogP contribution in [0.2, 0.25) is 5.02 Å². The second-order valence-corrected chi connectivity index (χ2v) is 15.1. The molecule has 292 valence electrons. The first-order valence-electron chi connectivity index (χ1n) is 17.6. The van der Waals surface area contributed by atoms with E-state index in [4.69, 9.17) is 16.3 Å². The lowest BCUT2D eigenvalue weighted by Gasteiger charge is -2.18. The Morgan fingerprint density at radius 3 is 2.07 bits per heavy atom. The summed E-state index contributed by atoms with van der Waals surface area (Å²) in [6.07, 6.45) is 1.16. The number of anilines is 3. The predicted octanol–water partition coefficient (Wildman–Crippen LogP) is 9.77. The summed E-state index contributed by atoms with van der Waals surface area (Å²) in [7, 11) is 1.22. The number of esters is 1. The average molecular weight is 833 g/mol. The van der Waals surface area contributed by atoms with Crippen molar-refractivity contribution in [3.63, 3.8) is 0 Å². The van der Waals surface area contributed by atoms with Crippen molar-refractivity contribution in [3.8, 4) is 0 Å². The van der Waals surface area contributed by atoms with Crippen LogP contribution < -0.4 is 21.3 Å². The monoisotopic (exact) mass is 832 g/mol. The molecule has 58 heavy (non-hydrogen) atoms. The number of amides is 4. The molecule has 5 aromatic carbocycles. The van der Waals surface area contributed by atoms with Crippen LogP contribution in [0.1, 0.15) is 52.3 Å². The maximum atomic E-state index is 14.8. The van der Waals surface area contributed by atoms with Gasteiger partial charge in [0.25, 0.3) is 17.7 Å². The van der Waals surface area contributed by atoms with Crippen molar-refractivity contribution >= 4 is 86.7 Å². The molecule has 14 heteroatoms. The molecule has 0 radical (unpaired) electrons. The molecule has 1 unspecified atom stereocenters. The van der Waals surface area contributed by atoms with Gasteiger partial charge in [-0.15, -0.1) is 23.1 Å². The second-order valence-electron chi connectivity index (χ2n) is 12.5. The highest BCUT2D eigenvalue weighted by atomic mass is 35.5. The van der Waals surface area contributed by atoms with E-state index < -0.39 is 40.7 Å². The van der Waals surface area contributed by atoms with E-state index in [1.807, 2.05) is 12.1 Å². The van der Waals surface area contributed by atoms with Crippen molar-refractivity contribution in [1.29, 1.82) is 0 Å². The highest BCUT2D eigenvalue weighted by Crippen LogP contribution is 2.40. The first kappa shape index (κ1) is 41.1. The third kappa shape index (κ3) is 10.1. The lowest BCUT2D eigenvalue weighted by molar-refractivity contribution is -0.116. The Morgan fingerprint density at radius 1 is 0.759 bits per heavy atom. The van der Waals surface area contributed by atoms with Crippen LogP contribution in [0.15, 0.2) is 144 Å². The third-order valence-corrected chi connectivity index (χ3v) is 11.3. The summed E-state index contributed by atoms with van der Waals surface area (Å²) < 4.78 is 19.9. The summed E-state index contributed by atoms with van der Waals surface area (Å²) >= 11 is 8.39. The van der Waals surface area contributed by atoms with Gasteiger partial charge >= 0.3 is 5.97 Å². The Bertz CT molecular complexity index is 2500. The fourth-order valence-corrected chi connectivity index (χ4v) is 8.06. The number of halogens is 2. The molecule has 10 nitrogen and oxygen atoms in total. The van der Waals surface area contributed by atoms with E-state index in [1.54, 1.807) is 110 Å². The number of carbonyl (C=O) groups excluding carboxylic acids is 5. The number of carbonyl (C=O) groups is 5. The summed E-state index contributed by atoms with van der Waals surface area (Å²) in [6, 6.07) is 36.7. The molecular formula is C44H34ClFN4O6S2. The average Bonchev–Trinajstić information content (AvgIpc) is 3.56. The largest absolute Gasteiger partial charge is 0.465 e. The van der Waals surface area contributed by atoms with Crippen molar-refractivity contribution in [2.75, 3.05) is 23.1 Å². The third-order valence-electron chi connectivity index (χ3n) is 8.51. The quantitative estimate of drug-likeness (QED) is 0.0516. The van der Waals surface area contributed by atoms with Crippen molar-refractivity contribution < 1.29 is 33.1 Å². The van der Waals surface area contributed by atoms with E-state index in [-0.39, 0.29) is 37.3 Å². The number of thioether (sulfide) groups is 1. The number of para-hydroxylation sites is 1. The standard InChI is InChI=1S/C44H34ClFN4O6S2/c1-26-36(44(55)56-2)43(58-37(26)41(53)47-29-18-10-5-11-19-29)50-42(54)38(27-14-6-3-7-15-27)57-31-21-12-20-30(24-31)48-40(52)35(25-32-33(45)22-13-23-34(32)46)49-39(51)28-16-8-4-9-17-28/h3-25,38H,1-2H3,(H,47,53)(H,48,52)(H,49,51)(H,50,54)/b35-25+. The van der Waals surface area contributed by atoms with Gasteiger partial charge in [0, 0.05) is 27.4 Å². The minimum Gasteiger partial charge on any atom is -0.465 e. The van der Waals surface area contributed by atoms with E-state index in [0.717, 1.165) is 17.4 Å². The van der Waals surface area contributed by atoms with Crippen LogP contribution in [0.25, 0.3) is 6.08 Å². The van der Waals surface area contributed by atoms with Gasteiger partial charge in [-0.3, -0.25) is 19.2 Å². The van der Waals surface area contributed by atoms with Gasteiger partial charge in [-0.1, -0.05) is 90.5 Å². The van der Waals surface area contributed by atoms with Crippen molar-refractivity contribution in [1.82, 2.24) is 5.32 Å². The minimum atomic E-state index is -0.884. The molecule has 0 fully saturated rings. The molecule has 0 saturated carbocycles. The number of hydrogen-bond donors (Lipinski definition) is 4. The Hall–Kier alpha value is -6.54. The van der Waals surface area contributed by atoms with Crippen molar-refractivity contribution in [2.45, 2.75) is 17.1 Å². The lowest BCUT2D eigenvalue weighted by atomic mass is 10.1.